The summed E-state index contributed by atoms with van der Waals surface area (Å²) in [6.45, 7) is 5.25. The molecule has 2 amide bonds. The summed E-state index contributed by atoms with van der Waals surface area (Å²) in [5, 5.41) is 2.66. The number of amides is 2. The highest BCUT2D eigenvalue weighted by molar-refractivity contribution is 6.09. The fourth-order valence-electron chi connectivity index (χ4n) is 2.48. The fraction of sp³-hybridized carbons (Fsp3) is 0.467. The molecule has 3 N–H and O–H groups in total. The molecule has 1 aliphatic heterocycles. The van der Waals surface area contributed by atoms with Crippen LogP contribution in [0.4, 0.5) is 10.5 Å². The number of ether oxygens (including phenoxy) is 1. The second-order valence-corrected chi connectivity index (χ2v) is 6.12. The molecule has 1 heterocycles. The van der Waals surface area contributed by atoms with E-state index in [1.165, 1.54) is 4.90 Å². The van der Waals surface area contributed by atoms with Crippen LogP contribution in [0, 0.1) is 0 Å². The van der Waals surface area contributed by atoms with Gasteiger partial charge in [0.15, 0.2) is 5.54 Å². The molecule has 1 atom stereocenters. The molecule has 0 aromatic heterocycles. The number of carbonyl (C=O) groups excluding carboxylic acids is 2. The van der Waals surface area contributed by atoms with Crippen molar-refractivity contribution >= 4 is 17.7 Å². The summed E-state index contributed by atoms with van der Waals surface area (Å²) >= 11 is 0. The third kappa shape index (κ3) is 2.58. The number of likely N-dealkylation sites (N-methyl/N-ethyl adjacent to an activating group) is 1. The van der Waals surface area contributed by atoms with Gasteiger partial charge in [0.1, 0.15) is 5.60 Å². The van der Waals surface area contributed by atoms with Gasteiger partial charge < -0.3 is 20.7 Å². The van der Waals surface area contributed by atoms with Crippen molar-refractivity contribution in [2.75, 3.05) is 18.5 Å². The van der Waals surface area contributed by atoms with E-state index in [9.17, 15) is 9.59 Å². The Morgan fingerprint density at radius 3 is 2.57 bits per heavy atom. The van der Waals surface area contributed by atoms with Crippen molar-refractivity contribution in [3.05, 3.63) is 29.8 Å². The Labute approximate surface area is 124 Å². The summed E-state index contributed by atoms with van der Waals surface area (Å²) in [6.07, 6.45) is -0.661. The molecule has 0 fully saturated rings. The third-order valence-corrected chi connectivity index (χ3v) is 3.42. The molecule has 1 aromatic rings. The molecule has 1 aromatic carbocycles. The number of benzene rings is 1. The number of anilines is 1. The van der Waals surface area contributed by atoms with Crippen molar-refractivity contribution in [2.24, 2.45) is 5.73 Å². The number of nitrogens with one attached hydrogen (secondary N) is 1. The summed E-state index contributed by atoms with van der Waals surface area (Å²) in [7, 11) is 1.66. The van der Waals surface area contributed by atoms with Gasteiger partial charge in [0.05, 0.1) is 0 Å². The Kier molecular flexibility index (Phi) is 3.67. The lowest BCUT2D eigenvalue weighted by Crippen LogP contribution is -2.57. The maximum atomic E-state index is 12.6. The van der Waals surface area contributed by atoms with Gasteiger partial charge in [0, 0.05) is 24.8 Å². The minimum Gasteiger partial charge on any atom is -0.444 e. The summed E-state index contributed by atoms with van der Waals surface area (Å²) in [4.78, 5) is 26.2. The van der Waals surface area contributed by atoms with Crippen molar-refractivity contribution in [3.63, 3.8) is 0 Å². The number of alkyl carbamates (subject to hydrolysis) is 1. The number of fused-ring (bicyclic) bond motifs is 1. The molecule has 114 valence electrons. The van der Waals surface area contributed by atoms with Gasteiger partial charge >= 0.3 is 6.09 Å². The largest absolute Gasteiger partial charge is 0.444 e. The fourth-order valence-corrected chi connectivity index (χ4v) is 2.48. The molecule has 0 bridgehead atoms. The lowest BCUT2D eigenvalue weighted by molar-refractivity contribution is -0.123. The summed E-state index contributed by atoms with van der Waals surface area (Å²) < 4.78 is 5.25. The lowest BCUT2D eigenvalue weighted by Gasteiger charge is -2.29. The van der Waals surface area contributed by atoms with Gasteiger partial charge in [0.25, 0.3) is 5.91 Å². The predicted molar refractivity (Wildman–Crippen MR) is 80.0 cm³/mol. The summed E-state index contributed by atoms with van der Waals surface area (Å²) in [6, 6.07) is 7.26. The van der Waals surface area contributed by atoms with Crippen LogP contribution in [0.5, 0.6) is 0 Å². The van der Waals surface area contributed by atoms with Crippen molar-refractivity contribution in [2.45, 2.75) is 31.9 Å². The monoisotopic (exact) mass is 291 g/mol. The zero-order valence-electron chi connectivity index (χ0n) is 12.8. The molecular formula is C15H21N3O3. The van der Waals surface area contributed by atoms with Crippen LogP contribution in [0.25, 0.3) is 0 Å². The van der Waals surface area contributed by atoms with Crippen LogP contribution in [0.15, 0.2) is 24.3 Å². The second-order valence-electron chi connectivity index (χ2n) is 6.12. The SMILES string of the molecule is CN1C(=O)[C@@](CN)(NC(=O)OC(C)(C)C)c2ccccc21. The molecule has 0 saturated heterocycles. The highest BCUT2D eigenvalue weighted by Crippen LogP contribution is 2.38. The second kappa shape index (κ2) is 5.04. The summed E-state index contributed by atoms with van der Waals surface area (Å²) in [5.41, 5.74) is 5.34. The first-order valence-corrected chi connectivity index (χ1v) is 6.80. The van der Waals surface area contributed by atoms with E-state index in [1.54, 1.807) is 33.9 Å². The Bertz CT molecular complexity index is 580. The number of para-hydroxylation sites is 1. The highest BCUT2D eigenvalue weighted by Gasteiger charge is 2.50. The molecule has 0 saturated carbocycles. The molecule has 6 nitrogen and oxygen atoms in total. The standard InChI is InChI=1S/C15H21N3O3/c1-14(2,3)21-13(20)17-15(9-16)10-7-5-6-8-11(10)18(4)12(15)19/h5-8H,9,16H2,1-4H3,(H,17,20)/t15-/m0/s1. The Balaban J connectivity index is 2.38. The molecule has 0 spiro atoms. The van der Waals surface area contributed by atoms with Crippen LogP contribution in [-0.4, -0.2) is 31.2 Å². The van der Waals surface area contributed by atoms with E-state index in [4.69, 9.17) is 10.5 Å². The molecule has 21 heavy (non-hydrogen) atoms. The zero-order valence-corrected chi connectivity index (χ0v) is 12.8. The Hall–Kier alpha value is -2.08. The van der Waals surface area contributed by atoms with Gasteiger partial charge in [-0.2, -0.15) is 0 Å². The van der Waals surface area contributed by atoms with E-state index >= 15 is 0 Å². The molecule has 0 aliphatic carbocycles. The van der Waals surface area contributed by atoms with Crippen molar-refractivity contribution < 1.29 is 14.3 Å². The Morgan fingerprint density at radius 2 is 2.00 bits per heavy atom. The first kappa shape index (κ1) is 15.3. The lowest BCUT2D eigenvalue weighted by atomic mass is 9.91. The number of nitrogens with two attached hydrogens (primary N) is 1. The molecule has 0 radical (unpaired) electrons. The number of carbonyl (C=O) groups is 2. The molecule has 6 heteroatoms. The van der Waals surface area contributed by atoms with Gasteiger partial charge in [-0.1, -0.05) is 18.2 Å². The van der Waals surface area contributed by atoms with E-state index in [0.717, 1.165) is 5.69 Å². The van der Waals surface area contributed by atoms with Gasteiger partial charge in [-0.3, -0.25) is 4.79 Å². The van der Waals surface area contributed by atoms with Gasteiger partial charge in [0.2, 0.25) is 0 Å². The predicted octanol–water partition coefficient (Wildman–Crippen LogP) is 1.34. The van der Waals surface area contributed by atoms with Crippen LogP contribution in [0.2, 0.25) is 0 Å². The highest BCUT2D eigenvalue weighted by atomic mass is 16.6. The summed E-state index contributed by atoms with van der Waals surface area (Å²) in [5.74, 6) is -0.267. The minimum atomic E-state index is -1.27. The van der Waals surface area contributed by atoms with Crippen molar-refractivity contribution in [3.8, 4) is 0 Å². The van der Waals surface area contributed by atoms with E-state index in [0.29, 0.717) is 5.56 Å². The molecular weight excluding hydrogens is 270 g/mol. The van der Waals surface area contributed by atoms with Crippen LogP contribution in [-0.2, 0) is 15.1 Å². The van der Waals surface area contributed by atoms with E-state index < -0.39 is 17.2 Å². The van der Waals surface area contributed by atoms with Crippen molar-refractivity contribution in [1.82, 2.24) is 5.32 Å². The average molecular weight is 291 g/mol. The zero-order chi connectivity index (χ0) is 15.8. The normalized spacial score (nSPS) is 21.2. The first-order chi connectivity index (χ1) is 9.71. The number of hydrogen-bond acceptors (Lipinski definition) is 4. The van der Waals surface area contributed by atoms with Crippen LogP contribution < -0.4 is 16.0 Å². The van der Waals surface area contributed by atoms with E-state index in [1.807, 2.05) is 18.2 Å². The van der Waals surface area contributed by atoms with Crippen LogP contribution >= 0.6 is 0 Å². The topological polar surface area (TPSA) is 84.7 Å². The number of nitrogens with zero attached hydrogens (tertiary/aromatic N) is 1. The number of hydrogen-bond donors (Lipinski definition) is 2. The average Bonchev–Trinajstić information content (AvgIpc) is 2.60. The molecule has 0 unspecified atom stereocenters. The van der Waals surface area contributed by atoms with E-state index in [-0.39, 0.29) is 12.5 Å². The maximum Gasteiger partial charge on any atom is 0.408 e. The number of rotatable bonds is 2. The third-order valence-electron chi connectivity index (χ3n) is 3.42. The van der Waals surface area contributed by atoms with Crippen LogP contribution in [0.3, 0.4) is 0 Å². The Morgan fingerprint density at radius 1 is 1.38 bits per heavy atom. The van der Waals surface area contributed by atoms with Gasteiger partial charge in [-0.15, -0.1) is 0 Å². The van der Waals surface area contributed by atoms with Crippen LogP contribution in [0.1, 0.15) is 26.3 Å². The van der Waals surface area contributed by atoms with Gasteiger partial charge in [-0.05, 0) is 26.8 Å². The maximum absolute atomic E-state index is 12.6. The first-order valence-electron chi connectivity index (χ1n) is 6.80. The molecule has 2 rings (SSSR count). The molecule has 1 aliphatic rings. The van der Waals surface area contributed by atoms with Gasteiger partial charge in [-0.25, -0.2) is 4.79 Å². The van der Waals surface area contributed by atoms with E-state index in [2.05, 4.69) is 5.32 Å². The van der Waals surface area contributed by atoms with Crippen molar-refractivity contribution in [1.29, 1.82) is 0 Å². The smallest absolute Gasteiger partial charge is 0.408 e. The minimum absolute atomic E-state index is 0.0353. The quantitative estimate of drug-likeness (QED) is 0.861.